The van der Waals surface area contributed by atoms with Crippen molar-refractivity contribution in [2.24, 2.45) is 0 Å². The molecule has 1 aromatic rings. The Kier molecular flexibility index (Phi) is 5.54. The Morgan fingerprint density at radius 1 is 1.20 bits per heavy atom. The third-order valence-electron chi connectivity index (χ3n) is 2.20. The minimum Gasteiger partial charge on any atom is -0.300 e. The van der Waals surface area contributed by atoms with E-state index in [9.17, 15) is 9.18 Å². The molecule has 0 amide bonds. The van der Waals surface area contributed by atoms with Gasteiger partial charge in [-0.2, -0.15) is 0 Å². The summed E-state index contributed by atoms with van der Waals surface area (Å²) in [6.45, 7) is 0. The average Bonchev–Trinajstić information content (AvgIpc) is 2.25. The fraction of sp³-hybridized carbons (Fsp3) is 0.417. The molecule has 0 saturated carbocycles. The number of carbonyl (C=O) groups is 1. The van der Waals surface area contributed by atoms with Gasteiger partial charge in [-0.15, -0.1) is 0 Å². The lowest BCUT2D eigenvalue weighted by Gasteiger charge is -2.00. The van der Waals surface area contributed by atoms with Crippen LogP contribution < -0.4 is 0 Å². The average molecular weight is 273 g/mol. The summed E-state index contributed by atoms with van der Waals surface area (Å²) < 4.78 is 12.6. The zero-order valence-corrected chi connectivity index (χ0v) is 10.1. The molecule has 3 heteroatoms. The zero-order valence-electron chi connectivity index (χ0n) is 8.51. The van der Waals surface area contributed by atoms with Crippen molar-refractivity contribution < 1.29 is 9.18 Å². The van der Waals surface area contributed by atoms with Gasteiger partial charge in [0, 0.05) is 18.2 Å². The topological polar surface area (TPSA) is 17.1 Å². The number of alkyl halides is 1. The molecule has 0 radical (unpaired) electrons. The number of hydrogen-bond acceptors (Lipinski definition) is 1. The van der Waals surface area contributed by atoms with Crippen molar-refractivity contribution in [1.82, 2.24) is 0 Å². The monoisotopic (exact) mass is 272 g/mol. The largest absolute Gasteiger partial charge is 0.300 e. The number of carbonyl (C=O) groups excluding carboxylic acids is 1. The lowest BCUT2D eigenvalue weighted by molar-refractivity contribution is -0.119. The Labute approximate surface area is 97.8 Å². The van der Waals surface area contributed by atoms with Crippen LogP contribution in [0.25, 0.3) is 0 Å². The summed E-state index contributed by atoms with van der Waals surface area (Å²) >= 11 is 3.29. The summed E-state index contributed by atoms with van der Waals surface area (Å²) in [5.74, 6) is 0.0446. The molecule has 1 nitrogen and oxygen atoms in total. The van der Waals surface area contributed by atoms with Crippen LogP contribution in [0, 0.1) is 5.82 Å². The van der Waals surface area contributed by atoms with Crippen LogP contribution in [0.2, 0.25) is 0 Å². The zero-order chi connectivity index (χ0) is 11.1. The first kappa shape index (κ1) is 12.4. The molecule has 0 bridgehead atoms. The summed E-state index contributed by atoms with van der Waals surface area (Å²) in [6.07, 6.45) is 2.79. The lowest BCUT2D eigenvalue weighted by Crippen LogP contribution is -2.00. The molecule has 0 saturated heterocycles. The van der Waals surface area contributed by atoms with E-state index in [2.05, 4.69) is 15.9 Å². The van der Waals surface area contributed by atoms with Crippen LogP contribution in [-0.2, 0) is 11.2 Å². The molecular formula is C12H14BrFO. The van der Waals surface area contributed by atoms with Gasteiger partial charge in [0.2, 0.25) is 0 Å². The summed E-state index contributed by atoms with van der Waals surface area (Å²) in [5, 5.41) is 0.870. The van der Waals surface area contributed by atoms with Crippen molar-refractivity contribution in [3.63, 3.8) is 0 Å². The van der Waals surface area contributed by atoms with Gasteiger partial charge in [-0.1, -0.05) is 28.1 Å². The molecule has 0 aromatic heterocycles. The fourth-order valence-corrected chi connectivity index (χ4v) is 1.60. The second kappa shape index (κ2) is 6.72. The number of halogens is 2. The third-order valence-corrected chi connectivity index (χ3v) is 2.76. The van der Waals surface area contributed by atoms with E-state index in [0.29, 0.717) is 19.3 Å². The number of Topliss-reactive ketones (excluding diaryl/α,β-unsaturated/α-hetero) is 1. The van der Waals surface area contributed by atoms with Gasteiger partial charge in [0.15, 0.2) is 0 Å². The van der Waals surface area contributed by atoms with Crippen LogP contribution in [0.5, 0.6) is 0 Å². The second-order valence-corrected chi connectivity index (χ2v) is 4.25. The maximum absolute atomic E-state index is 12.6. The van der Waals surface area contributed by atoms with E-state index in [1.54, 1.807) is 12.1 Å². The first-order chi connectivity index (χ1) is 7.22. The lowest BCUT2D eigenvalue weighted by atomic mass is 10.1. The highest BCUT2D eigenvalue weighted by atomic mass is 79.9. The highest BCUT2D eigenvalue weighted by Gasteiger charge is 2.02. The van der Waals surface area contributed by atoms with E-state index in [4.69, 9.17) is 0 Å². The predicted octanol–water partition coefficient (Wildman–Crippen LogP) is 3.50. The number of hydrogen-bond donors (Lipinski definition) is 0. The first-order valence-electron chi connectivity index (χ1n) is 5.04. The molecular weight excluding hydrogens is 259 g/mol. The molecule has 0 aliphatic heterocycles. The van der Waals surface area contributed by atoms with Crippen LogP contribution >= 0.6 is 15.9 Å². The Bertz CT molecular complexity index is 308. The van der Waals surface area contributed by atoms with Crippen molar-refractivity contribution in [3.05, 3.63) is 35.6 Å². The van der Waals surface area contributed by atoms with Gasteiger partial charge in [0.1, 0.15) is 11.6 Å². The highest BCUT2D eigenvalue weighted by molar-refractivity contribution is 9.09. The Hall–Kier alpha value is -0.700. The van der Waals surface area contributed by atoms with Crippen molar-refractivity contribution in [3.8, 4) is 0 Å². The fourth-order valence-electron chi connectivity index (χ4n) is 1.32. The normalized spacial score (nSPS) is 10.3. The van der Waals surface area contributed by atoms with Gasteiger partial charge in [0.25, 0.3) is 0 Å². The minimum absolute atomic E-state index is 0.232. The van der Waals surface area contributed by atoms with Crippen LogP contribution in [0.1, 0.15) is 24.8 Å². The molecule has 0 aliphatic rings. The van der Waals surface area contributed by atoms with Crippen molar-refractivity contribution >= 4 is 21.7 Å². The molecule has 1 aromatic carbocycles. The van der Waals surface area contributed by atoms with Crippen LogP contribution in [0.4, 0.5) is 4.39 Å². The number of rotatable bonds is 6. The summed E-state index contributed by atoms with van der Waals surface area (Å²) in [7, 11) is 0. The summed E-state index contributed by atoms with van der Waals surface area (Å²) in [5.41, 5.74) is 1.02. The van der Waals surface area contributed by atoms with E-state index in [-0.39, 0.29) is 11.6 Å². The van der Waals surface area contributed by atoms with Crippen LogP contribution in [-0.4, -0.2) is 11.1 Å². The first-order valence-corrected chi connectivity index (χ1v) is 6.16. The maximum atomic E-state index is 12.6. The molecule has 1 rings (SSSR count). The Morgan fingerprint density at radius 2 is 1.87 bits per heavy atom. The van der Waals surface area contributed by atoms with Gasteiger partial charge < -0.3 is 0 Å². The molecule has 15 heavy (non-hydrogen) atoms. The number of ketones is 1. The second-order valence-electron chi connectivity index (χ2n) is 3.46. The number of aryl methyl sites for hydroxylation is 1. The van der Waals surface area contributed by atoms with Gasteiger partial charge in [-0.25, -0.2) is 4.39 Å². The molecule has 0 heterocycles. The highest BCUT2D eigenvalue weighted by Crippen LogP contribution is 2.07. The van der Waals surface area contributed by atoms with E-state index < -0.39 is 0 Å². The predicted molar refractivity (Wildman–Crippen MR) is 62.8 cm³/mol. The van der Waals surface area contributed by atoms with Crippen LogP contribution in [0.15, 0.2) is 24.3 Å². The third kappa shape index (κ3) is 5.07. The summed E-state index contributed by atoms with van der Waals surface area (Å²) in [4.78, 5) is 11.3. The van der Waals surface area contributed by atoms with E-state index in [0.717, 1.165) is 17.3 Å². The van der Waals surface area contributed by atoms with Gasteiger partial charge in [-0.05, 0) is 30.5 Å². The molecule has 0 aliphatic carbocycles. The molecule has 82 valence electrons. The molecule has 0 fully saturated rings. The van der Waals surface area contributed by atoms with Gasteiger partial charge >= 0.3 is 0 Å². The molecule has 0 unspecified atom stereocenters. The van der Waals surface area contributed by atoms with E-state index in [1.165, 1.54) is 12.1 Å². The summed E-state index contributed by atoms with van der Waals surface area (Å²) in [6, 6.07) is 6.32. The SMILES string of the molecule is O=C(CCCBr)CCc1ccc(F)cc1. The number of benzene rings is 1. The van der Waals surface area contributed by atoms with E-state index in [1.807, 2.05) is 0 Å². The Balaban J connectivity index is 2.30. The van der Waals surface area contributed by atoms with E-state index >= 15 is 0 Å². The Morgan fingerprint density at radius 3 is 2.47 bits per heavy atom. The van der Waals surface area contributed by atoms with Gasteiger partial charge in [0.05, 0.1) is 0 Å². The minimum atomic E-state index is -0.232. The van der Waals surface area contributed by atoms with Gasteiger partial charge in [-0.3, -0.25) is 4.79 Å². The maximum Gasteiger partial charge on any atom is 0.133 e. The standard InChI is InChI=1S/C12H14BrFO/c13-9-1-2-12(15)8-5-10-3-6-11(14)7-4-10/h3-4,6-7H,1-2,5,8-9H2. The van der Waals surface area contributed by atoms with Crippen molar-refractivity contribution in [2.45, 2.75) is 25.7 Å². The molecule has 0 spiro atoms. The van der Waals surface area contributed by atoms with Crippen LogP contribution in [0.3, 0.4) is 0 Å². The van der Waals surface area contributed by atoms with Crippen molar-refractivity contribution in [1.29, 1.82) is 0 Å². The smallest absolute Gasteiger partial charge is 0.133 e. The quantitative estimate of drug-likeness (QED) is 0.725. The van der Waals surface area contributed by atoms with Crippen molar-refractivity contribution in [2.75, 3.05) is 5.33 Å². The molecule has 0 N–H and O–H groups in total. The molecule has 0 atom stereocenters.